The minimum Gasteiger partial charge on any atom is -0.450 e. The Bertz CT molecular complexity index is 635. The van der Waals surface area contributed by atoms with Crippen LogP contribution in [0.15, 0.2) is 18.3 Å². The topological polar surface area (TPSA) is 69.2 Å². The number of piperazine rings is 2. The molecule has 0 radical (unpaired) electrons. The number of pyridine rings is 1. The molecule has 27 heavy (non-hydrogen) atoms. The average Bonchev–Trinajstić information content (AvgIpc) is 2.74. The van der Waals surface area contributed by atoms with Crippen LogP contribution in [0.5, 0.6) is 0 Å². The van der Waals surface area contributed by atoms with E-state index in [0.29, 0.717) is 38.3 Å². The summed E-state index contributed by atoms with van der Waals surface area (Å²) in [6, 6.07) is 3.79. The second kappa shape index (κ2) is 9.03. The third-order valence-electron chi connectivity index (χ3n) is 5.23. The van der Waals surface area contributed by atoms with Gasteiger partial charge in [0.15, 0.2) is 0 Å². The van der Waals surface area contributed by atoms with Crippen molar-refractivity contribution in [2.75, 3.05) is 70.4 Å². The number of carbonyl (C=O) groups is 2. The summed E-state index contributed by atoms with van der Waals surface area (Å²) in [5, 5.41) is 0. The van der Waals surface area contributed by atoms with Crippen LogP contribution in [-0.4, -0.2) is 97.2 Å². The summed E-state index contributed by atoms with van der Waals surface area (Å²) in [5.41, 5.74) is 0.593. The van der Waals surface area contributed by atoms with E-state index in [1.807, 2.05) is 12.1 Å². The van der Waals surface area contributed by atoms with Crippen molar-refractivity contribution in [3.05, 3.63) is 23.9 Å². The molecule has 3 rings (SSSR count). The Kier molecular flexibility index (Phi) is 6.49. The standard InChI is InChI=1S/C19H29N5O3/c1-3-21-7-9-22(10-8-21)17-6-5-16(15-20-17)18(25)23-11-13-24(14-12-23)19(26)27-4-2/h5-6,15H,3-4,7-14H2,1-2H3. The van der Waals surface area contributed by atoms with E-state index in [9.17, 15) is 9.59 Å². The fourth-order valence-corrected chi connectivity index (χ4v) is 3.48. The molecule has 1 aromatic heterocycles. The van der Waals surface area contributed by atoms with Gasteiger partial charge in [0.25, 0.3) is 5.91 Å². The molecule has 0 aliphatic carbocycles. The molecule has 0 unspecified atom stereocenters. The van der Waals surface area contributed by atoms with Crippen LogP contribution in [0.2, 0.25) is 0 Å². The van der Waals surface area contributed by atoms with Crippen LogP contribution in [0.1, 0.15) is 24.2 Å². The van der Waals surface area contributed by atoms with Crippen molar-refractivity contribution in [1.29, 1.82) is 0 Å². The van der Waals surface area contributed by atoms with Gasteiger partial charge in [0.05, 0.1) is 12.2 Å². The molecular weight excluding hydrogens is 346 g/mol. The monoisotopic (exact) mass is 375 g/mol. The number of ether oxygens (including phenoxy) is 1. The SMILES string of the molecule is CCOC(=O)N1CCN(C(=O)c2ccc(N3CCN(CC)CC3)nc2)CC1. The van der Waals surface area contributed by atoms with Gasteiger partial charge in [0.2, 0.25) is 0 Å². The van der Waals surface area contributed by atoms with E-state index in [-0.39, 0.29) is 12.0 Å². The summed E-state index contributed by atoms with van der Waals surface area (Å²) in [6.07, 6.45) is 1.36. The molecule has 0 saturated carbocycles. The third kappa shape index (κ3) is 4.68. The van der Waals surface area contributed by atoms with Gasteiger partial charge in [-0.2, -0.15) is 0 Å². The molecule has 1 aromatic rings. The van der Waals surface area contributed by atoms with Gasteiger partial charge in [-0.05, 0) is 25.6 Å². The Morgan fingerprint density at radius 3 is 2.19 bits per heavy atom. The maximum atomic E-state index is 12.7. The maximum Gasteiger partial charge on any atom is 0.409 e. The molecule has 2 aliphatic rings. The van der Waals surface area contributed by atoms with Gasteiger partial charge in [-0.1, -0.05) is 6.92 Å². The zero-order valence-electron chi connectivity index (χ0n) is 16.3. The minimum absolute atomic E-state index is 0.0339. The quantitative estimate of drug-likeness (QED) is 0.786. The van der Waals surface area contributed by atoms with Gasteiger partial charge in [0, 0.05) is 58.6 Å². The lowest BCUT2D eigenvalue weighted by Crippen LogP contribution is -2.50. The normalized spacial score (nSPS) is 18.5. The summed E-state index contributed by atoms with van der Waals surface area (Å²) in [6.45, 7) is 11.5. The largest absolute Gasteiger partial charge is 0.450 e. The molecule has 3 heterocycles. The maximum absolute atomic E-state index is 12.7. The average molecular weight is 375 g/mol. The number of aromatic nitrogens is 1. The van der Waals surface area contributed by atoms with Gasteiger partial charge < -0.3 is 24.3 Å². The summed E-state index contributed by atoms with van der Waals surface area (Å²) >= 11 is 0. The highest BCUT2D eigenvalue weighted by atomic mass is 16.6. The van der Waals surface area contributed by atoms with E-state index in [1.165, 1.54) is 0 Å². The van der Waals surface area contributed by atoms with E-state index < -0.39 is 0 Å². The first-order valence-electron chi connectivity index (χ1n) is 9.76. The van der Waals surface area contributed by atoms with Crippen molar-refractivity contribution < 1.29 is 14.3 Å². The van der Waals surface area contributed by atoms with E-state index in [4.69, 9.17) is 4.74 Å². The molecule has 2 saturated heterocycles. The predicted octanol–water partition coefficient (Wildman–Crippen LogP) is 1.14. The lowest BCUT2D eigenvalue weighted by atomic mass is 10.2. The van der Waals surface area contributed by atoms with E-state index in [0.717, 1.165) is 38.5 Å². The van der Waals surface area contributed by atoms with E-state index >= 15 is 0 Å². The zero-order valence-corrected chi connectivity index (χ0v) is 16.3. The van der Waals surface area contributed by atoms with Crippen molar-refractivity contribution in [3.8, 4) is 0 Å². The molecule has 148 valence electrons. The number of nitrogens with zero attached hydrogens (tertiary/aromatic N) is 5. The van der Waals surface area contributed by atoms with E-state index in [2.05, 4.69) is 21.7 Å². The first kappa shape index (κ1) is 19.4. The van der Waals surface area contributed by atoms with Gasteiger partial charge in [-0.15, -0.1) is 0 Å². The molecule has 8 nitrogen and oxygen atoms in total. The second-order valence-corrected chi connectivity index (χ2v) is 6.80. The highest BCUT2D eigenvalue weighted by Crippen LogP contribution is 2.16. The Labute approximate surface area is 160 Å². The number of likely N-dealkylation sites (N-methyl/N-ethyl adjacent to an activating group) is 1. The van der Waals surface area contributed by atoms with Crippen LogP contribution in [-0.2, 0) is 4.74 Å². The first-order chi connectivity index (χ1) is 13.1. The van der Waals surface area contributed by atoms with Gasteiger partial charge >= 0.3 is 6.09 Å². The van der Waals surface area contributed by atoms with Crippen LogP contribution in [0.3, 0.4) is 0 Å². The van der Waals surface area contributed by atoms with Crippen LogP contribution in [0.25, 0.3) is 0 Å². The third-order valence-corrected chi connectivity index (χ3v) is 5.23. The molecule has 0 bridgehead atoms. The first-order valence-corrected chi connectivity index (χ1v) is 9.76. The molecule has 8 heteroatoms. The summed E-state index contributed by atoms with van der Waals surface area (Å²) in [7, 11) is 0. The molecule has 0 N–H and O–H groups in total. The number of carbonyl (C=O) groups excluding carboxylic acids is 2. The van der Waals surface area contributed by atoms with Crippen molar-refractivity contribution in [2.45, 2.75) is 13.8 Å². The lowest BCUT2D eigenvalue weighted by molar-refractivity contribution is 0.0570. The number of hydrogen-bond acceptors (Lipinski definition) is 6. The van der Waals surface area contributed by atoms with E-state index in [1.54, 1.807) is 22.9 Å². The molecule has 2 fully saturated rings. The Morgan fingerprint density at radius 1 is 0.963 bits per heavy atom. The van der Waals surface area contributed by atoms with Crippen LogP contribution in [0.4, 0.5) is 10.6 Å². The van der Waals surface area contributed by atoms with Crippen molar-refractivity contribution in [1.82, 2.24) is 19.7 Å². The van der Waals surface area contributed by atoms with Crippen molar-refractivity contribution >= 4 is 17.8 Å². The number of hydrogen-bond donors (Lipinski definition) is 0. The van der Waals surface area contributed by atoms with Crippen molar-refractivity contribution in [3.63, 3.8) is 0 Å². The van der Waals surface area contributed by atoms with Crippen LogP contribution in [0, 0.1) is 0 Å². The molecular formula is C19H29N5O3. The smallest absolute Gasteiger partial charge is 0.409 e. The van der Waals surface area contributed by atoms with Gasteiger partial charge in [-0.3, -0.25) is 4.79 Å². The highest BCUT2D eigenvalue weighted by Gasteiger charge is 2.26. The summed E-state index contributed by atoms with van der Waals surface area (Å²) in [5.74, 6) is 0.891. The lowest BCUT2D eigenvalue weighted by Gasteiger charge is -2.35. The Balaban J connectivity index is 1.53. The summed E-state index contributed by atoms with van der Waals surface area (Å²) in [4.78, 5) is 37.1. The van der Waals surface area contributed by atoms with Gasteiger partial charge in [0.1, 0.15) is 5.82 Å². The Hall–Kier alpha value is -2.35. The number of anilines is 1. The predicted molar refractivity (Wildman–Crippen MR) is 103 cm³/mol. The molecule has 0 atom stereocenters. The number of amides is 2. The fourth-order valence-electron chi connectivity index (χ4n) is 3.48. The second-order valence-electron chi connectivity index (χ2n) is 6.80. The molecule has 2 amide bonds. The molecule has 2 aliphatic heterocycles. The fraction of sp³-hybridized carbons (Fsp3) is 0.632. The highest BCUT2D eigenvalue weighted by molar-refractivity contribution is 5.94. The Morgan fingerprint density at radius 2 is 1.63 bits per heavy atom. The minimum atomic E-state index is -0.307. The van der Waals surface area contributed by atoms with Gasteiger partial charge in [-0.25, -0.2) is 9.78 Å². The van der Waals surface area contributed by atoms with Crippen LogP contribution < -0.4 is 4.90 Å². The molecule has 0 aromatic carbocycles. The van der Waals surface area contributed by atoms with Crippen LogP contribution >= 0.6 is 0 Å². The number of rotatable bonds is 4. The molecule has 0 spiro atoms. The summed E-state index contributed by atoms with van der Waals surface area (Å²) < 4.78 is 5.01. The van der Waals surface area contributed by atoms with Crippen molar-refractivity contribution in [2.24, 2.45) is 0 Å². The zero-order chi connectivity index (χ0) is 19.2.